The molecule has 106 valence electrons. The first-order valence-corrected chi connectivity index (χ1v) is 7.49. The highest BCUT2D eigenvalue weighted by molar-refractivity contribution is 8.13. The van der Waals surface area contributed by atoms with Crippen molar-refractivity contribution >= 4 is 28.7 Å². The quantitative estimate of drug-likeness (QED) is 0.526. The summed E-state index contributed by atoms with van der Waals surface area (Å²) < 4.78 is 0. The average Bonchev–Trinajstić information content (AvgIpc) is 2.56. The van der Waals surface area contributed by atoms with Crippen LogP contribution in [0.4, 0.5) is 0 Å². The summed E-state index contributed by atoms with van der Waals surface area (Å²) in [4.78, 5) is 25.9. The van der Waals surface area contributed by atoms with E-state index in [1.807, 2.05) is 0 Å². The summed E-state index contributed by atoms with van der Waals surface area (Å²) in [7, 11) is 0. The highest BCUT2D eigenvalue weighted by Crippen LogP contribution is 2.14. The maximum absolute atomic E-state index is 12.5. The van der Waals surface area contributed by atoms with Gasteiger partial charge in [0.1, 0.15) is 0 Å². The molecular formula is C16H14N2O2S. The fraction of sp³-hybridized carbons (Fsp3) is 0.0625. The molecule has 0 fully saturated rings. The molecule has 0 aliphatic carbocycles. The number of nitrogens with one attached hydrogen (secondary N) is 1. The number of hydrogen-bond acceptors (Lipinski definition) is 4. The molecule has 0 radical (unpaired) electrons. The molecule has 0 saturated carbocycles. The predicted molar refractivity (Wildman–Crippen MR) is 84.6 cm³/mol. The molecule has 5 heteroatoms. The van der Waals surface area contributed by atoms with Crippen LogP contribution in [0, 0.1) is 5.41 Å². The van der Waals surface area contributed by atoms with E-state index in [2.05, 4.69) is 0 Å². The first-order chi connectivity index (χ1) is 10.1. The van der Waals surface area contributed by atoms with Crippen molar-refractivity contribution in [1.29, 1.82) is 5.41 Å². The first-order valence-electron chi connectivity index (χ1n) is 6.26. The minimum Gasteiger partial charge on any atom is -0.278 e. The minimum absolute atomic E-state index is 0.0993. The Balaban J connectivity index is 2.38. The van der Waals surface area contributed by atoms with Gasteiger partial charge in [-0.05, 0) is 30.5 Å². The van der Waals surface area contributed by atoms with Gasteiger partial charge in [0.05, 0.1) is 0 Å². The minimum atomic E-state index is -0.496. The van der Waals surface area contributed by atoms with Gasteiger partial charge in [-0.2, -0.15) is 0 Å². The number of rotatable bonds is 2. The van der Waals surface area contributed by atoms with E-state index in [1.54, 1.807) is 66.9 Å². The lowest BCUT2D eigenvalue weighted by molar-refractivity contribution is 0.0716. The second kappa shape index (κ2) is 6.85. The van der Waals surface area contributed by atoms with E-state index >= 15 is 0 Å². The highest BCUT2D eigenvalue weighted by Gasteiger charge is 2.27. The number of imide groups is 1. The zero-order chi connectivity index (χ0) is 15.2. The smallest absolute Gasteiger partial charge is 0.266 e. The Labute approximate surface area is 127 Å². The predicted octanol–water partition coefficient (Wildman–Crippen LogP) is 3.27. The van der Waals surface area contributed by atoms with Crippen LogP contribution in [0.5, 0.6) is 0 Å². The molecule has 0 spiro atoms. The summed E-state index contributed by atoms with van der Waals surface area (Å²) in [5.74, 6) is -0.993. The number of hydrogen-bond donors (Lipinski definition) is 1. The van der Waals surface area contributed by atoms with Crippen molar-refractivity contribution in [3.63, 3.8) is 0 Å². The van der Waals surface area contributed by atoms with Crippen molar-refractivity contribution in [3.05, 3.63) is 71.8 Å². The third-order valence-electron chi connectivity index (χ3n) is 2.84. The van der Waals surface area contributed by atoms with Crippen LogP contribution in [0.25, 0.3) is 0 Å². The first kappa shape index (κ1) is 15.0. The Morgan fingerprint density at radius 3 is 1.57 bits per heavy atom. The van der Waals surface area contributed by atoms with Gasteiger partial charge in [-0.1, -0.05) is 48.2 Å². The van der Waals surface area contributed by atoms with Crippen molar-refractivity contribution in [3.8, 4) is 0 Å². The molecule has 2 aromatic rings. The maximum Gasteiger partial charge on any atom is 0.266 e. The number of benzene rings is 2. The summed E-state index contributed by atoms with van der Waals surface area (Å²) in [5, 5.41) is 7.80. The second-order valence-electron chi connectivity index (χ2n) is 4.19. The molecule has 2 amide bonds. The monoisotopic (exact) mass is 298 g/mol. The fourth-order valence-electron chi connectivity index (χ4n) is 1.79. The van der Waals surface area contributed by atoms with E-state index in [-0.39, 0.29) is 5.17 Å². The van der Waals surface area contributed by atoms with Crippen LogP contribution in [-0.4, -0.2) is 28.1 Å². The molecule has 0 bridgehead atoms. The SMILES string of the molecule is CSC(=N)N(C(=O)c1ccccc1)C(=O)c1ccccc1. The van der Waals surface area contributed by atoms with Crippen LogP contribution < -0.4 is 0 Å². The Morgan fingerprint density at radius 2 is 1.24 bits per heavy atom. The standard InChI is InChI=1S/C16H14N2O2S/c1-21-16(17)18(14(19)12-8-4-2-5-9-12)15(20)13-10-6-3-7-11-13/h2-11,17H,1H3. The molecule has 0 aliphatic heterocycles. The molecule has 2 rings (SSSR count). The molecule has 0 heterocycles. The number of amides is 2. The zero-order valence-corrected chi connectivity index (χ0v) is 12.3. The average molecular weight is 298 g/mol. The Bertz CT molecular complexity index is 605. The number of nitrogens with zero attached hydrogens (tertiary/aromatic N) is 1. The fourth-order valence-corrected chi connectivity index (χ4v) is 2.14. The van der Waals surface area contributed by atoms with Gasteiger partial charge in [-0.25, -0.2) is 4.90 Å². The molecule has 1 N–H and O–H groups in total. The highest BCUT2D eigenvalue weighted by atomic mass is 32.2. The Morgan fingerprint density at radius 1 is 0.857 bits per heavy atom. The van der Waals surface area contributed by atoms with E-state index in [0.717, 1.165) is 16.7 Å². The van der Waals surface area contributed by atoms with E-state index < -0.39 is 11.8 Å². The van der Waals surface area contributed by atoms with E-state index in [4.69, 9.17) is 5.41 Å². The van der Waals surface area contributed by atoms with Crippen molar-refractivity contribution < 1.29 is 9.59 Å². The third-order valence-corrected chi connectivity index (χ3v) is 3.41. The van der Waals surface area contributed by atoms with Gasteiger partial charge < -0.3 is 0 Å². The van der Waals surface area contributed by atoms with Crippen LogP contribution in [0.15, 0.2) is 60.7 Å². The molecule has 21 heavy (non-hydrogen) atoms. The summed E-state index contributed by atoms with van der Waals surface area (Å²) in [6.07, 6.45) is 1.66. The van der Waals surface area contributed by atoms with E-state index in [1.165, 1.54) is 0 Å². The van der Waals surface area contributed by atoms with Gasteiger partial charge in [0, 0.05) is 11.1 Å². The molecule has 2 aromatic carbocycles. The van der Waals surface area contributed by atoms with Crippen molar-refractivity contribution in [1.82, 2.24) is 4.90 Å². The van der Waals surface area contributed by atoms with Crippen LogP contribution in [-0.2, 0) is 0 Å². The normalized spacial score (nSPS) is 9.95. The molecule has 4 nitrogen and oxygen atoms in total. The second-order valence-corrected chi connectivity index (χ2v) is 4.98. The number of carbonyl (C=O) groups is 2. The van der Waals surface area contributed by atoms with Crippen LogP contribution >= 0.6 is 11.8 Å². The molecule has 0 aliphatic rings. The third kappa shape index (κ3) is 3.38. The summed E-state index contributed by atoms with van der Waals surface area (Å²) in [6.45, 7) is 0. The lowest BCUT2D eigenvalue weighted by Gasteiger charge is -2.20. The van der Waals surface area contributed by atoms with Gasteiger partial charge in [-0.15, -0.1) is 0 Å². The van der Waals surface area contributed by atoms with Gasteiger partial charge >= 0.3 is 0 Å². The summed E-state index contributed by atoms with van der Waals surface area (Å²) >= 11 is 1.05. The Hall–Kier alpha value is -2.40. The van der Waals surface area contributed by atoms with Crippen molar-refractivity contribution in [2.75, 3.05) is 6.26 Å². The molecule has 0 saturated heterocycles. The van der Waals surface area contributed by atoms with Gasteiger partial charge in [0.2, 0.25) is 0 Å². The van der Waals surface area contributed by atoms with E-state index in [9.17, 15) is 9.59 Å². The summed E-state index contributed by atoms with van der Waals surface area (Å²) in [6, 6.07) is 17.0. The van der Waals surface area contributed by atoms with Gasteiger partial charge in [0.15, 0.2) is 5.17 Å². The number of thioether (sulfide) groups is 1. The number of carbonyl (C=O) groups excluding carboxylic acids is 2. The molecular weight excluding hydrogens is 284 g/mol. The van der Waals surface area contributed by atoms with Gasteiger partial charge in [0.25, 0.3) is 11.8 Å². The van der Waals surface area contributed by atoms with Crippen molar-refractivity contribution in [2.45, 2.75) is 0 Å². The zero-order valence-electron chi connectivity index (χ0n) is 11.4. The number of amidine groups is 1. The lowest BCUT2D eigenvalue weighted by Crippen LogP contribution is -2.40. The summed E-state index contributed by atoms with van der Waals surface area (Å²) in [5.41, 5.74) is 0.751. The topological polar surface area (TPSA) is 61.2 Å². The molecule has 0 unspecified atom stereocenters. The van der Waals surface area contributed by atoms with Crippen LogP contribution in [0.1, 0.15) is 20.7 Å². The lowest BCUT2D eigenvalue weighted by atomic mass is 10.1. The largest absolute Gasteiger partial charge is 0.278 e. The maximum atomic E-state index is 12.5. The Kier molecular flexibility index (Phi) is 4.90. The van der Waals surface area contributed by atoms with Crippen molar-refractivity contribution in [2.24, 2.45) is 0 Å². The molecule has 0 atom stereocenters. The van der Waals surface area contributed by atoms with Crippen LogP contribution in [0.2, 0.25) is 0 Å². The molecule has 0 aromatic heterocycles. The van der Waals surface area contributed by atoms with E-state index in [0.29, 0.717) is 11.1 Å². The van der Waals surface area contributed by atoms with Crippen LogP contribution in [0.3, 0.4) is 0 Å². The van der Waals surface area contributed by atoms with Gasteiger partial charge in [-0.3, -0.25) is 15.0 Å².